The minimum absolute atomic E-state index is 0.0729. The molecule has 1 fully saturated rings. The van der Waals surface area contributed by atoms with Gasteiger partial charge >= 0.3 is 0 Å². The van der Waals surface area contributed by atoms with Crippen molar-refractivity contribution in [2.24, 2.45) is 5.73 Å². The molecule has 1 aromatic rings. The van der Waals surface area contributed by atoms with Gasteiger partial charge in [-0.15, -0.1) is 11.8 Å². The Kier molecular flexibility index (Phi) is 3.42. The van der Waals surface area contributed by atoms with Crippen LogP contribution in [0.5, 0.6) is 0 Å². The molecule has 0 spiro atoms. The Morgan fingerprint density at radius 2 is 2.14 bits per heavy atom. The summed E-state index contributed by atoms with van der Waals surface area (Å²) in [5, 5.41) is 0.468. The van der Waals surface area contributed by atoms with Gasteiger partial charge in [0.2, 0.25) is 0 Å². The van der Waals surface area contributed by atoms with Gasteiger partial charge in [0.25, 0.3) is 0 Å². The van der Waals surface area contributed by atoms with Crippen molar-refractivity contribution in [3.05, 3.63) is 35.9 Å². The second kappa shape index (κ2) is 4.79. The number of hydrogen-bond donors (Lipinski definition) is 3. The molecular formula is C10H15N3S. The van der Waals surface area contributed by atoms with Crippen LogP contribution < -0.4 is 16.6 Å². The van der Waals surface area contributed by atoms with Crippen LogP contribution in [0.3, 0.4) is 0 Å². The summed E-state index contributed by atoms with van der Waals surface area (Å²) in [5.74, 6) is 1.03. The van der Waals surface area contributed by atoms with Crippen molar-refractivity contribution in [2.45, 2.75) is 17.2 Å². The quantitative estimate of drug-likeness (QED) is 0.685. The Morgan fingerprint density at radius 1 is 1.36 bits per heavy atom. The molecule has 0 amide bonds. The third kappa shape index (κ3) is 2.48. The Morgan fingerprint density at radius 3 is 2.79 bits per heavy atom. The van der Waals surface area contributed by atoms with Crippen LogP contribution in [0.2, 0.25) is 0 Å². The fraction of sp³-hybridized carbons (Fsp3) is 0.400. The largest absolute Gasteiger partial charge is 0.314 e. The minimum Gasteiger partial charge on any atom is -0.314 e. The number of nitrogens with two attached hydrogens (primary N) is 1. The van der Waals surface area contributed by atoms with Gasteiger partial charge < -0.3 is 5.73 Å². The molecular weight excluding hydrogens is 194 g/mol. The fourth-order valence-electron chi connectivity index (χ4n) is 1.44. The summed E-state index contributed by atoms with van der Waals surface area (Å²) in [4.78, 5) is 0. The van der Waals surface area contributed by atoms with Crippen molar-refractivity contribution >= 4 is 11.8 Å². The number of rotatable bonds is 3. The molecule has 0 aromatic heterocycles. The SMILES string of the molecule is NC1NNCC1SCc1ccccc1. The average Bonchev–Trinajstić information content (AvgIpc) is 2.63. The van der Waals surface area contributed by atoms with Gasteiger partial charge in [-0.3, -0.25) is 5.43 Å². The summed E-state index contributed by atoms with van der Waals surface area (Å²) in [6.07, 6.45) is 0.0729. The molecule has 4 N–H and O–H groups in total. The van der Waals surface area contributed by atoms with E-state index in [1.165, 1.54) is 5.56 Å². The van der Waals surface area contributed by atoms with Crippen LogP contribution in [0.1, 0.15) is 5.56 Å². The summed E-state index contributed by atoms with van der Waals surface area (Å²) in [6, 6.07) is 10.5. The van der Waals surface area contributed by atoms with Gasteiger partial charge in [0.15, 0.2) is 0 Å². The van der Waals surface area contributed by atoms with Gasteiger partial charge in [0, 0.05) is 17.5 Å². The maximum absolute atomic E-state index is 5.85. The van der Waals surface area contributed by atoms with Gasteiger partial charge in [-0.1, -0.05) is 30.3 Å². The highest BCUT2D eigenvalue weighted by atomic mass is 32.2. The van der Waals surface area contributed by atoms with Crippen LogP contribution >= 0.6 is 11.8 Å². The van der Waals surface area contributed by atoms with Gasteiger partial charge in [0.1, 0.15) is 0 Å². The lowest BCUT2D eigenvalue weighted by molar-refractivity contribution is 0.577. The molecule has 1 heterocycles. The third-order valence-electron chi connectivity index (χ3n) is 2.28. The molecule has 76 valence electrons. The second-order valence-corrected chi connectivity index (χ2v) is 4.61. The maximum atomic E-state index is 5.85. The molecule has 2 rings (SSSR count). The van der Waals surface area contributed by atoms with E-state index in [2.05, 4.69) is 35.1 Å². The first-order valence-electron chi connectivity index (χ1n) is 4.76. The van der Waals surface area contributed by atoms with Crippen LogP contribution in [-0.2, 0) is 5.75 Å². The molecule has 1 aliphatic rings. The summed E-state index contributed by atoms with van der Waals surface area (Å²) >= 11 is 1.90. The van der Waals surface area contributed by atoms with Gasteiger partial charge in [-0.25, -0.2) is 5.43 Å². The van der Waals surface area contributed by atoms with Crippen LogP contribution in [0.15, 0.2) is 30.3 Å². The van der Waals surface area contributed by atoms with Crippen molar-refractivity contribution in [3.63, 3.8) is 0 Å². The van der Waals surface area contributed by atoms with Crippen molar-refractivity contribution in [1.82, 2.24) is 10.9 Å². The molecule has 2 atom stereocenters. The van der Waals surface area contributed by atoms with E-state index in [4.69, 9.17) is 5.73 Å². The molecule has 14 heavy (non-hydrogen) atoms. The first kappa shape index (κ1) is 9.98. The van der Waals surface area contributed by atoms with Crippen molar-refractivity contribution in [2.75, 3.05) is 6.54 Å². The van der Waals surface area contributed by atoms with E-state index in [1.807, 2.05) is 17.8 Å². The van der Waals surface area contributed by atoms with Crippen LogP contribution in [0, 0.1) is 0 Å². The van der Waals surface area contributed by atoms with Crippen LogP contribution in [-0.4, -0.2) is 18.0 Å². The molecule has 4 heteroatoms. The average molecular weight is 209 g/mol. The smallest absolute Gasteiger partial charge is 0.0812 e. The lowest BCUT2D eigenvalue weighted by Gasteiger charge is -2.12. The zero-order chi connectivity index (χ0) is 9.80. The highest BCUT2D eigenvalue weighted by Crippen LogP contribution is 2.19. The number of hydrazine groups is 1. The number of thioether (sulfide) groups is 1. The summed E-state index contributed by atoms with van der Waals surface area (Å²) in [7, 11) is 0. The molecule has 1 aromatic carbocycles. The summed E-state index contributed by atoms with van der Waals surface area (Å²) in [5.41, 5.74) is 13.3. The standard InChI is InChI=1S/C10H15N3S/c11-10-9(6-12-13-10)14-7-8-4-2-1-3-5-8/h1-5,9-10,12-13H,6-7,11H2. The first-order chi connectivity index (χ1) is 6.86. The molecule has 1 aliphatic heterocycles. The van der Waals surface area contributed by atoms with E-state index < -0.39 is 0 Å². The van der Waals surface area contributed by atoms with E-state index in [1.54, 1.807) is 0 Å². The highest BCUT2D eigenvalue weighted by Gasteiger charge is 2.22. The first-order valence-corrected chi connectivity index (χ1v) is 5.80. The second-order valence-electron chi connectivity index (χ2n) is 3.39. The molecule has 0 bridgehead atoms. The Labute approximate surface area is 88.4 Å². The van der Waals surface area contributed by atoms with Crippen molar-refractivity contribution in [1.29, 1.82) is 0 Å². The van der Waals surface area contributed by atoms with Crippen molar-refractivity contribution in [3.8, 4) is 0 Å². The minimum atomic E-state index is 0.0729. The fourth-order valence-corrected chi connectivity index (χ4v) is 2.51. The predicted molar refractivity (Wildman–Crippen MR) is 60.6 cm³/mol. The van der Waals surface area contributed by atoms with Crippen LogP contribution in [0.25, 0.3) is 0 Å². The molecule has 3 nitrogen and oxygen atoms in total. The topological polar surface area (TPSA) is 50.1 Å². The van der Waals surface area contributed by atoms with E-state index >= 15 is 0 Å². The molecule has 0 aliphatic carbocycles. The molecule has 1 saturated heterocycles. The van der Waals surface area contributed by atoms with E-state index in [9.17, 15) is 0 Å². The van der Waals surface area contributed by atoms with E-state index in [0.29, 0.717) is 5.25 Å². The van der Waals surface area contributed by atoms with Gasteiger partial charge in [0.05, 0.1) is 6.17 Å². The summed E-state index contributed by atoms with van der Waals surface area (Å²) < 4.78 is 0. The van der Waals surface area contributed by atoms with E-state index in [0.717, 1.165) is 12.3 Å². The Balaban J connectivity index is 1.82. The highest BCUT2D eigenvalue weighted by molar-refractivity contribution is 7.99. The normalized spacial score (nSPS) is 26.6. The number of nitrogens with one attached hydrogen (secondary N) is 2. The predicted octanol–water partition coefficient (Wildman–Crippen LogP) is 0.681. The zero-order valence-corrected chi connectivity index (χ0v) is 8.76. The maximum Gasteiger partial charge on any atom is 0.0812 e. The lowest BCUT2D eigenvalue weighted by Crippen LogP contribution is -2.40. The monoisotopic (exact) mass is 209 g/mol. The third-order valence-corrected chi connectivity index (χ3v) is 3.67. The number of hydrogen-bond acceptors (Lipinski definition) is 4. The molecule has 0 radical (unpaired) electrons. The Bertz CT molecular complexity index is 278. The van der Waals surface area contributed by atoms with Crippen LogP contribution in [0.4, 0.5) is 0 Å². The van der Waals surface area contributed by atoms with E-state index in [-0.39, 0.29) is 6.17 Å². The Hall–Kier alpha value is -0.550. The number of benzene rings is 1. The van der Waals surface area contributed by atoms with Gasteiger partial charge in [-0.05, 0) is 5.56 Å². The zero-order valence-electron chi connectivity index (χ0n) is 7.94. The molecule has 2 unspecified atom stereocenters. The van der Waals surface area contributed by atoms with Crippen molar-refractivity contribution < 1.29 is 0 Å². The molecule has 0 saturated carbocycles. The van der Waals surface area contributed by atoms with Gasteiger partial charge in [-0.2, -0.15) is 0 Å². The summed E-state index contributed by atoms with van der Waals surface area (Å²) in [6.45, 7) is 0.943. The lowest BCUT2D eigenvalue weighted by atomic mass is 10.2.